The quantitative estimate of drug-likeness (QED) is 0.943. The summed E-state index contributed by atoms with van der Waals surface area (Å²) in [6.45, 7) is 4.03. The average molecular weight is 299 g/mol. The first-order valence-electron chi connectivity index (χ1n) is 7.76. The van der Waals surface area contributed by atoms with Crippen molar-refractivity contribution in [2.45, 2.75) is 26.0 Å². The van der Waals surface area contributed by atoms with Crippen molar-refractivity contribution >= 4 is 16.7 Å². The van der Waals surface area contributed by atoms with Crippen molar-refractivity contribution < 1.29 is 14.3 Å². The van der Waals surface area contributed by atoms with E-state index in [1.165, 1.54) is 21.9 Å². The molecule has 0 bridgehead atoms. The van der Waals surface area contributed by atoms with Crippen molar-refractivity contribution in [1.29, 1.82) is 0 Å². The second-order valence-electron chi connectivity index (χ2n) is 5.43. The van der Waals surface area contributed by atoms with Crippen molar-refractivity contribution in [3.8, 4) is 0 Å². The Balaban J connectivity index is 1.79. The molecule has 22 heavy (non-hydrogen) atoms. The van der Waals surface area contributed by atoms with Gasteiger partial charge in [0.15, 0.2) is 6.10 Å². The Labute approximate surface area is 130 Å². The standard InChI is InChI=1S/C18H21NO3/c1-2-13-7-8-14-5-3-4-6-15(14)16(13)11-19-18(20)17-12-21-9-10-22-17/h3-8,17H,2,9-12H2,1H3,(H,19,20). The van der Waals surface area contributed by atoms with E-state index in [-0.39, 0.29) is 5.91 Å². The Bertz CT molecular complexity index is 662. The fraction of sp³-hybridized carbons (Fsp3) is 0.389. The second-order valence-corrected chi connectivity index (χ2v) is 5.43. The lowest BCUT2D eigenvalue weighted by molar-refractivity contribution is -0.147. The summed E-state index contributed by atoms with van der Waals surface area (Å²) in [5, 5.41) is 5.38. The molecule has 2 aromatic carbocycles. The van der Waals surface area contributed by atoms with Crippen LogP contribution in [0.25, 0.3) is 10.8 Å². The number of amides is 1. The predicted molar refractivity (Wildman–Crippen MR) is 85.7 cm³/mol. The van der Waals surface area contributed by atoms with E-state index < -0.39 is 6.10 Å². The lowest BCUT2D eigenvalue weighted by atomic mass is 9.97. The molecule has 0 radical (unpaired) electrons. The molecular formula is C18H21NO3. The van der Waals surface area contributed by atoms with Crippen LogP contribution in [0.4, 0.5) is 0 Å². The summed E-state index contributed by atoms with van der Waals surface area (Å²) in [5.41, 5.74) is 2.45. The van der Waals surface area contributed by atoms with Gasteiger partial charge in [-0.25, -0.2) is 0 Å². The molecular weight excluding hydrogens is 278 g/mol. The van der Waals surface area contributed by atoms with Gasteiger partial charge in [-0.15, -0.1) is 0 Å². The summed E-state index contributed by atoms with van der Waals surface area (Å²) >= 11 is 0. The van der Waals surface area contributed by atoms with E-state index in [0.29, 0.717) is 26.4 Å². The maximum absolute atomic E-state index is 12.2. The van der Waals surface area contributed by atoms with E-state index in [1.54, 1.807) is 0 Å². The van der Waals surface area contributed by atoms with E-state index >= 15 is 0 Å². The van der Waals surface area contributed by atoms with Crippen LogP contribution in [-0.4, -0.2) is 31.8 Å². The fourth-order valence-electron chi connectivity index (χ4n) is 2.85. The highest BCUT2D eigenvalue weighted by molar-refractivity contribution is 5.87. The van der Waals surface area contributed by atoms with E-state index in [4.69, 9.17) is 9.47 Å². The van der Waals surface area contributed by atoms with Gasteiger partial charge in [-0.1, -0.05) is 43.3 Å². The Kier molecular flexibility index (Phi) is 4.71. The molecule has 4 nitrogen and oxygen atoms in total. The largest absolute Gasteiger partial charge is 0.376 e. The summed E-state index contributed by atoms with van der Waals surface area (Å²) in [4.78, 5) is 12.2. The predicted octanol–water partition coefficient (Wildman–Crippen LogP) is 2.43. The van der Waals surface area contributed by atoms with Crippen LogP contribution in [0.2, 0.25) is 0 Å². The first-order valence-corrected chi connectivity index (χ1v) is 7.76. The van der Waals surface area contributed by atoms with Gasteiger partial charge in [-0.2, -0.15) is 0 Å². The molecule has 0 aromatic heterocycles. The summed E-state index contributed by atoms with van der Waals surface area (Å²) in [6.07, 6.45) is 0.452. The fourth-order valence-corrected chi connectivity index (χ4v) is 2.85. The van der Waals surface area contributed by atoms with E-state index in [2.05, 4.69) is 36.5 Å². The minimum absolute atomic E-state index is 0.102. The lowest BCUT2D eigenvalue weighted by Crippen LogP contribution is -2.42. The highest BCUT2D eigenvalue weighted by atomic mass is 16.6. The maximum atomic E-state index is 12.2. The highest BCUT2D eigenvalue weighted by Gasteiger charge is 2.22. The molecule has 1 aliphatic rings. The molecule has 2 aromatic rings. The first-order chi connectivity index (χ1) is 10.8. The van der Waals surface area contributed by atoms with Gasteiger partial charge < -0.3 is 14.8 Å². The summed E-state index contributed by atoms with van der Waals surface area (Å²) in [6, 6.07) is 12.5. The van der Waals surface area contributed by atoms with Crippen LogP contribution in [0.15, 0.2) is 36.4 Å². The van der Waals surface area contributed by atoms with Gasteiger partial charge >= 0.3 is 0 Å². The zero-order chi connectivity index (χ0) is 15.4. The number of nitrogens with one attached hydrogen (secondary N) is 1. The molecule has 3 rings (SSSR count). The van der Waals surface area contributed by atoms with Gasteiger partial charge in [-0.3, -0.25) is 4.79 Å². The molecule has 0 aliphatic carbocycles. The Morgan fingerprint density at radius 3 is 2.86 bits per heavy atom. The molecule has 1 heterocycles. The molecule has 1 fully saturated rings. The van der Waals surface area contributed by atoms with Crippen molar-refractivity contribution in [2.75, 3.05) is 19.8 Å². The highest BCUT2D eigenvalue weighted by Crippen LogP contribution is 2.23. The monoisotopic (exact) mass is 299 g/mol. The van der Waals surface area contributed by atoms with Crippen molar-refractivity contribution in [3.05, 3.63) is 47.5 Å². The summed E-state index contributed by atoms with van der Waals surface area (Å²) < 4.78 is 10.7. The Morgan fingerprint density at radius 1 is 1.23 bits per heavy atom. The Hall–Kier alpha value is -1.91. The van der Waals surface area contributed by atoms with Gasteiger partial charge in [0.1, 0.15) is 0 Å². The normalized spacial score (nSPS) is 18.3. The minimum Gasteiger partial charge on any atom is -0.376 e. The van der Waals surface area contributed by atoms with Crippen LogP contribution in [0.5, 0.6) is 0 Å². The second kappa shape index (κ2) is 6.90. The number of hydrogen-bond donors (Lipinski definition) is 1. The third-order valence-electron chi connectivity index (χ3n) is 4.07. The number of benzene rings is 2. The van der Waals surface area contributed by atoms with E-state index in [1.807, 2.05) is 12.1 Å². The minimum atomic E-state index is -0.492. The van der Waals surface area contributed by atoms with Gasteiger partial charge in [-0.05, 0) is 28.3 Å². The smallest absolute Gasteiger partial charge is 0.251 e. The molecule has 1 aliphatic heterocycles. The summed E-state index contributed by atoms with van der Waals surface area (Å²) in [7, 11) is 0. The number of carbonyl (C=O) groups is 1. The molecule has 1 amide bonds. The average Bonchev–Trinajstić information content (AvgIpc) is 2.60. The summed E-state index contributed by atoms with van der Waals surface area (Å²) in [5.74, 6) is -0.102. The third kappa shape index (κ3) is 3.13. The molecule has 0 spiro atoms. The van der Waals surface area contributed by atoms with Crippen LogP contribution in [-0.2, 0) is 27.2 Å². The molecule has 1 atom stereocenters. The van der Waals surface area contributed by atoms with Crippen molar-refractivity contribution in [2.24, 2.45) is 0 Å². The number of carbonyl (C=O) groups excluding carboxylic acids is 1. The lowest BCUT2D eigenvalue weighted by Gasteiger charge is -2.22. The third-order valence-corrected chi connectivity index (χ3v) is 4.07. The van der Waals surface area contributed by atoms with Crippen LogP contribution < -0.4 is 5.32 Å². The first kappa shape index (κ1) is 15.0. The van der Waals surface area contributed by atoms with E-state index in [9.17, 15) is 4.79 Å². The number of ether oxygens (including phenoxy) is 2. The zero-order valence-electron chi connectivity index (χ0n) is 12.8. The van der Waals surface area contributed by atoms with Gasteiger partial charge in [0, 0.05) is 6.54 Å². The zero-order valence-corrected chi connectivity index (χ0v) is 12.8. The van der Waals surface area contributed by atoms with Gasteiger partial charge in [0.05, 0.1) is 19.8 Å². The van der Waals surface area contributed by atoms with Gasteiger partial charge in [0.2, 0.25) is 0 Å². The van der Waals surface area contributed by atoms with Gasteiger partial charge in [0.25, 0.3) is 5.91 Å². The van der Waals surface area contributed by atoms with Crippen molar-refractivity contribution in [1.82, 2.24) is 5.32 Å². The van der Waals surface area contributed by atoms with Crippen LogP contribution in [0.1, 0.15) is 18.1 Å². The van der Waals surface area contributed by atoms with Crippen LogP contribution >= 0.6 is 0 Å². The molecule has 1 unspecified atom stereocenters. The molecule has 1 saturated heterocycles. The number of aryl methyl sites for hydroxylation is 1. The number of hydrogen-bond acceptors (Lipinski definition) is 3. The molecule has 0 saturated carbocycles. The van der Waals surface area contributed by atoms with Crippen LogP contribution in [0, 0.1) is 0 Å². The molecule has 1 N–H and O–H groups in total. The molecule has 4 heteroatoms. The topological polar surface area (TPSA) is 47.6 Å². The Morgan fingerprint density at radius 2 is 2.09 bits per heavy atom. The van der Waals surface area contributed by atoms with Crippen molar-refractivity contribution in [3.63, 3.8) is 0 Å². The maximum Gasteiger partial charge on any atom is 0.251 e. The molecule has 116 valence electrons. The number of rotatable bonds is 4. The van der Waals surface area contributed by atoms with E-state index in [0.717, 1.165) is 6.42 Å². The number of fused-ring (bicyclic) bond motifs is 1. The SMILES string of the molecule is CCc1ccc2ccccc2c1CNC(=O)C1COCCO1. The van der Waals surface area contributed by atoms with Crippen LogP contribution in [0.3, 0.4) is 0 Å².